The predicted molar refractivity (Wildman–Crippen MR) is 108 cm³/mol. The van der Waals surface area contributed by atoms with Crippen LogP contribution in [0.1, 0.15) is 36.4 Å². The first-order valence-corrected chi connectivity index (χ1v) is 11.5. The maximum Gasteiger partial charge on any atom is 0.250 e. The average molecular weight is 413 g/mol. The van der Waals surface area contributed by atoms with Crippen LogP contribution in [0.3, 0.4) is 0 Å². The topological polar surface area (TPSA) is 88.5 Å². The van der Waals surface area contributed by atoms with E-state index in [9.17, 15) is 18.0 Å². The van der Waals surface area contributed by atoms with Crippen molar-refractivity contribution in [1.29, 1.82) is 0 Å². The number of hydrogen-bond donors (Lipinski definition) is 1. The van der Waals surface area contributed by atoms with Gasteiger partial charge in [0.15, 0.2) is 0 Å². The van der Waals surface area contributed by atoms with Crippen molar-refractivity contribution in [1.82, 2.24) is 8.87 Å². The van der Waals surface area contributed by atoms with E-state index in [0.29, 0.717) is 44.6 Å². The van der Waals surface area contributed by atoms with Gasteiger partial charge in [0.2, 0.25) is 15.9 Å². The van der Waals surface area contributed by atoms with Gasteiger partial charge < -0.3 is 9.88 Å². The van der Waals surface area contributed by atoms with Crippen LogP contribution in [0.15, 0.2) is 46.1 Å². The molecule has 3 aliphatic rings. The van der Waals surface area contributed by atoms with E-state index in [0.717, 1.165) is 17.7 Å². The molecule has 152 valence electrons. The molecule has 4 heterocycles. The van der Waals surface area contributed by atoms with Crippen LogP contribution in [-0.4, -0.2) is 36.3 Å². The van der Waals surface area contributed by atoms with E-state index in [-0.39, 0.29) is 28.2 Å². The lowest BCUT2D eigenvalue weighted by Gasteiger charge is -2.42. The molecule has 5 rings (SSSR count). The largest absolute Gasteiger partial charge is 0.326 e. The number of nitrogens with zero attached hydrogens (tertiary/aromatic N) is 2. The molecular weight excluding hydrogens is 390 g/mol. The van der Waals surface area contributed by atoms with E-state index < -0.39 is 10.0 Å². The minimum Gasteiger partial charge on any atom is -0.326 e. The van der Waals surface area contributed by atoms with Crippen LogP contribution in [0.4, 0.5) is 5.69 Å². The molecule has 1 saturated heterocycles. The highest BCUT2D eigenvalue weighted by Gasteiger charge is 2.39. The summed E-state index contributed by atoms with van der Waals surface area (Å²) in [6.07, 6.45) is 2.75. The maximum atomic E-state index is 13.4. The molecule has 1 N–H and O–H groups in total. The molecule has 0 radical (unpaired) electrons. The minimum absolute atomic E-state index is 0.0127. The van der Waals surface area contributed by atoms with Crippen molar-refractivity contribution < 1.29 is 13.2 Å². The molecule has 7 nitrogen and oxygen atoms in total. The van der Waals surface area contributed by atoms with E-state index in [1.165, 1.54) is 0 Å². The van der Waals surface area contributed by atoms with Crippen molar-refractivity contribution in [2.45, 2.75) is 43.0 Å². The Balaban J connectivity index is 1.47. The average Bonchev–Trinajstić information content (AvgIpc) is 2.88. The summed E-state index contributed by atoms with van der Waals surface area (Å²) >= 11 is 0. The van der Waals surface area contributed by atoms with Crippen LogP contribution in [0, 0.1) is 5.92 Å². The summed E-state index contributed by atoms with van der Waals surface area (Å²) in [6, 6.07) is 10.2. The van der Waals surface area contributed by atoms with E-state index >= 15 is 0 Å². The van der Waals surface area contributed by atoms with Gasteiger partial charge in [0.05, 0.1) is 4.90 Å². The van der Waals surface area contributed by atoms with Crippen molar-refractivity contribution in [3.8, 4) is 0 Å². The van der Waals surface area contributed by atoms with Crippen LogP contribution in [0.25, 0.3) is 0 Å². The smallest absolute Gasteiger partial charge is 0.250 e. The van der Waals surface area contributed by atoms with E-state index in [1.54, 1.807) is 39.2 Å². The number of sulfonamides is 1. The highest BCUT2D eigenvalue weighted by atomic mass is 32.2. The summed E-state index contributed by atoms with van der Waals surface area (Å²) in [4.78, 5) is 24.2. The summed E-state index contributed by atoms with van der Waals surface area (Å²) in [6.45, 7) is 1.37. The zero-order valence-corrected chi connectivity index (χ0v) is 16.8. The number of fused-ring (bicyclic) bond motifs is 5. The number of pyridine rings is 1. The van der Waals surface area contributed by atoms with E-state index in [2.05, 4.69) is 5.32 Å². The second-order valence-corrected chi connectivity index (χ2v) is 10.2. The third kappa shape index (κ3) is 3.20. The number of nitrogens with one attached hydrogen (secondary N) is 1. The number of piperidine rings is 1. The number of hydrogen-bond acceptors (Lipinski definition) is 4. The third-order valence-corrected chi connectivity index (χ3v) is 8.11. The number of amides is 1. The Morgan fingerprint density at radius 3 is 2.72 bits per heavy atom. The first kappa shape index (κ1) is 18.6. The monoisotopic (exact) mass is 413 g/mol. The van der Waals surface area contributed by atoms with Gasteiger partial charge in [-0.15, -0.1) is 0 Å². The van der Waals surface area contributed by atoms with Crippen LogP contribution in [-0.2, 0) is 27.8 Å². The normalized spacial score (nSPS) is 24.2. The lowest BCUT2D eigenvalue weighted by Crippen LogP contribution is -2.49. The molecule has 2 bridgehead atoms. The Labute approximate surface area is 169 Å². The van der Waals surface area contributed by atoms with Crippen molar-refractivity contribution >= 4 is 21.6 Å². The minimum atomic E-state index is -3.64. The maximum absolute atomic E-state index is 13.4. The number of rotatable bonds is 2. The molecule has 0 saturated carbocycles. The second-order valence-electron chi connectivity index (χ2n) is 8.24. The van der Waals surface area contributed by atoms with Gasteiger partial charge in [-0.05, 0) is 55.0 Å². The molecule has 2 atom stereocenters. The molecule has 2 unspecified atom stereocenters. The van der Waals surface area contributed by atoms with Crippen LogP contribution in [0.5, 0.6) is 0 Å². The molecule has 0 aliphatic carbocycles. The Morgan fingerprint density at radius 2 is 1.86 bits per heavy atom. The van der Waals surface area contributed by atoms with Crippen molar-refractivity contribution in [2.24, 2.45) is 5.92 Å². The summed E-state index contributed by atoms with van der Waals surface area (Å²) in [5, 5.41) is 2.85. The van der Waals surface area contributed by atoms with Crippen LogP contribution >= 0.6 is 0 Å². The van der Waals surface area contributed by atoms with Gasteiger partial charge >= 0.3 is 0 Å². The zero-order valence-electron chi connectivity index (χ0n) is 16.0. The Morgan fingerprint density at radius 1 is 1.00 bits per heavy atom. The fraction of sp³-hybridized carbons (Fsp3) is 0.429. The van der Waals surface area contributed by atoms with E-state index in [1.807, 2.05) is 6.07 Å². The highest BCUT2D eigenvalue weighted by Crippen LogP contribution is 2.37. The molecule has 1 amide bonds. The Hall–Kier alpha value is -2.45. The Kier molecular flexibility index (Phi) is 4.36. The van der Waals surface area contributed by atoms with Crippen LogP contribution in [0.2, 0.25) is 0 Å². The van der Waals surface area contributed by atoms with Crippen molar-refractivity contribution in [2.75, 3.05) is 18.4 Å². The predicted octanol–water partition coefficient (Wildman–Crippen LogP) is 1.93. The quantitative estimate of drug-likeness (QED) is 0.815. The molecular formula is C21H23N3O4S. The summed E-state index contributed by atoms with van der Waals surface area (Å²) in [5.74, 6) is 0.139. The van der Waals surface area contributed by atoms with Gasteiger partial charge in [0, 0.05) is 49.4 Å². The standard InChI is InChI=1S/C21H23N3O4S/c25-20-5-1-3-15-10-17(7-8-18(15)22-20)29(27,28)23-11-14-9-16(13-23)19-4-2-6-21(26)24(19)12-14/h2,4,6-8,10,14,16H,1,3,5,9,11-13H2,(H,22,25). The van der Waals surface area contributed by atoms with Crippen molar-refractivity contribution in [3.05, 3.63) is 58.0 Å². The van der Waals surface area contributed by atoms with E-state index in [4.69, 9.17) is 0 Å². The van der Waals surface area contributed by atoms with Gasteiger partial charge in [0.25, 0.3) is 5.56 Å². The van der Waals surface area contributed by atoms with Gasteiger partial charge in [-0.3, -0.25) is 9.59 Å². The lowest BCUT2D eigenvalue weighted by atomic mass is 9.84. The van der Waals surface area contributed by atoms with Gasteiger partial charge in [0.1, 0.15) is 0 Å². The number of anilines is 1. The summed E-state index contributed by atoms with van der Waals surface area (Å²) in [7, 11) is -3.64. The summed E-state index contributed by atoms with van der Waals surface area (Å²) < 4.78 is 30.2. The lowest BCUT2D eigenvalue weighted by molar-refractivity contribution is -0.116. The highest BCUT2D eigenvalue weighted by molar-refractivity contribution is 7.89. The molecule has 1 aromatic heterocycles. The fourth-order valence-electron chi connectivity index (χ4n) is 4.91. The molecule has 3 aliphatic heterocycles. The van der Waals surface area contributed by atoms with Crippen molar-refractivity contribution in [3.63, 3.8) is 0 Å². The zero-order chi connectivity index (χ0) is 20.2. The van der Waals surface area contributed by atoms with Gasteiger partial charge in [-0.2, -0.15) is 4.31 Å². The second kappa shape index (κ2) is 6.81. The first-order chi connectivity index (χ1) is 13.9. The first-order valence-electron chi connectivity index (χ1n) is 10.0. The molecule has 1 fully saturated rings. The summed E-state index contributed by atoms with van der Waals surface area (Å²) in [5.41, 5.74) is 2.49. The molecule has 2 aromatic rings. The number of aromatic nitrogens is 1. The molecule has 1 aromatic carbocycles. The number of carbonyl (C=O) groups is 1. The fourth-order valence-corrected chi connectivity index (χ4v) is 6.52. The SMILES string of the molecule is O=C1CCCc2cc(S(=O)(=O)N3CC4CC(C3)c3cccc(=O)n3C4)ccc2N1. The number of aryl methyl sites for hydroxylation is 1. The third-order valence-electron chi connectivity index (χ3n) is 6.28. The number of benzene rings is 1. The molecule has 8 heteroatoms. The molecule has 0 spiro atoms. The van der Waals surface area contributed by atoms with Gasteiger partial charge in [-0.1, -0.05) is 6.07 Å². The molecule has 29 heavy (non-hydrogen) atoms. The number of carbonyl (C=O) groups excluding carboxylic acids is 1. The van der Waals surface area contributed by atoms with Crippen LogP contribution < -0.4 is 10.9 Å². The Bertz CT molecular complexity index is 1150. The van der Waals surface area contributed by atoms with Gasteiger partial charge in [-0.25, -0.2) is 8.42 Å².